The third-order valence-corrected chi connectivity index (χ3v) is 2.96. The van der Waals surface area contributed by atoms with E-state index in [2.05, 4.69) is 10.6 Å². The summed E-state index contributed by atoms with van der Waals surface area (Å²) in [6.45, 7) is 6.12. The van der Waals surface area contributed by atoms with Crippen molar-refractivity contribution in [3.05, 3.63) is 34.3 Å². The lowest BCUT2D eigenvalue weighted by Gasteiger charge is -2.16. The minimum Gasteiger partial charge on any atom is -0.353 e. The second-order valence-corrected chi connectivity index (χ2v) is 5.09. The maximum Gasteiger partial charge on any atom is 0.237 e. The molecule has 0 aliphatic carbocycles. The fourth-order valence-corrected chi connectivity index (χ4v) is 1.77. The highest BCUT2D eigenvalue weighted by Crippen LogP contribution is 2.17. The van der Waals surface area contributed by atoms with Crippen LogP contribution in [0.3, 0.4) is 0 Å². The van der Waals surface area contributed by atoms with Crippen LogP contribution in [-0.2, 0) is 11.3 Å². The number of carbonyl (C=O) groups excluding carboxylic acids is 1. The van der Waals surface area contributed by atoms with Crippen molar-refractivity contribution in [3.63, 3.8) is 0 Å². The molecule has 2 N–H and O–H groups in total. The molecule has 0 spiro atoms. The molecule has 1 atom stereocenters. The maximum atomic E-state index is 11.7. The number of hydrogen-bond donors (Lipinski definition) is 2. The first-order chi connectivity index (χ1) is 8.93. The Morgan fingerprint density at radius 2 is 2.11 bits per heavy atom. The molecule has 19 heavy (non-hydrogen) atoms. The topological polar surface area (TPSA) is 64.9 Å². The number of nitrogens with one attached hydrogen (secondary N) is 2. The number of nitriles is 1. The molecule has 102 valence electrons. The fraction of sp³-hybridized carbons (Fsp3) is 0.429. The molecule has 0 aromatic heterocycles. The smallest absolute Gasteiger partial charge is 0.237 e. The van der Waals surface area contributed by atoms with E-state index in [1.54, 1.807) is 25.1 Å². The van der Waals surface area contributed by atoms with Crippen molar-refractivity contribution in [2.45, 2.75) is 39.4 Å². The van der Waals surface area contributed by atoms with Crippen LogP contribution in [0.2, 0.25) is 5.02 Å². The Hall–Kier alpha value is -1.57. The predicted octanol–water partition coefficient (Wildman–Crippen LogP) is 2.21. The third kappa shape index (κ3) is 4.90. The molecule has 1 rings (SSSR count). The van der Waals surface area contributed by atoms with Crippen molar-refractivity contribution in [2.75, 3.05) is 0 Å². The third-order valence-electron chi connectivity index (χ3n) is 2.61. The summed E-state index contributed by atoms with van der Waals surface area (Å²) in [6, 6.07) is 6.98. The number of amides is 1. The quantitative estimate of drug-likeness (QED) is 0.868. The second-order valence-electron chi connectivity index (χ2n) is 4.68. The molecule has 0 aliphatic heterocycles. The highest BCUT2D eigenvalue weighted by atomic mass is 35.5. The Morgan fingerprint density at radius 1 is 1.42 bits per heavy atom. The van der Waals surface area contributed by atoms with Crippen molar-refractivity contribution < 1.29 is 4.79 Å². The first kappa shape index (κ1) is 15.5. The van der Waals surface area contributed by atoms with E-state index < -0.39 is 0 Å². The largest absolute Gasteiger partial charge is 0.353 e. The van der Waals surface area contributed by atoms with Gasteiger partial charge in [-0.2, -0.15) is 5.26 Å². The van der Waals surface area contributed by atoms with Crippen molar-refractivity contribution in [3.8, 4) is 6.07 Å². The molecule has 0 radical (unpaired) electrons. The summed E-state index contributed by atoms with van der Waals surface area (Å²) in [5.74, 6) is -0.0419. The molecule has 0 fully saturated rings. The van der Waals surface area contributed by atoms with E-state index in [-0.39, 0.29) is 18.0 Å². The standard InChI is InChI=1S/C14H18ClN3O/c1-9(2)18-14(19)10(3)17-8-12-5-4-11(7-16)6-13(12)15/h4-6,9-10,17H,8H2,1-3H3,(H,18,19). The summed E-state index contributed by atoms with van der Waals surface area (Å²) in [7, 11) is 0. The van der Waals surface area contributed by atoms with E-state index in [0.29, 0.717) is 17.1 Å². The highest BCUT2D eigenvalue weighted by Gasteiger charge is 2.13. The zero-order valence-electron chi connectivity index (χ0n) is 11.3. The monoisotopic (exact) mass is 279 g/mol. The van der Waals surface area contributed by atoms with Crippen LogP contribution < -0.4 is 10.6 Å². The van der Waals surface area contributed by atoms with Gasteiger partial charge >= 0.3 is 0 Å². The van der Waals surface area contributed by atoms with Crippen molar-refractivity contribution in [2.24, 2.45) is 0 Å². The van der Waals surface area contributed by atoms with Gasteiger partial charge in [0.2, 0.25) is 5.91 Å². The van der Waals surface area contributed by atoms with E-state index in [1.807, 2.05) is 19.9 Å². The number of nitrogens with zero attached hydrogens (tertiary/aromatic N) is 1. The molecule has 0 aliphatic rings. The van der Waals surface area contributed by atoms with Crippen LogP contribution in [0.1, 0.15) is 31.9 Å². The van der Waals surface area contributed by atoms with E-state index in [1.165, 1.54) is 0 Å². The maximum absolute atomic E-state index is 11.7. The molecule has 1 amide bonds. The zero-order valence-corrected chi connectivity index (χ0v) is 12.1. The SMILES string of the molecule is CC(C)NC(=O)C(C)NCc1ccc(C#N)cc1Cl. The summed E-state index contributed by atoms with van der Waals surface area (Å²) >= 11 is 6.06. The van der Waals surface area contributed by atoms with Crippen molar-refractivity contribution in [1.82, 2.24) is 10.6 Å². The van der Waals surface area contributed by atoms with Gasteiger partial charge in [-0.25, -0.2) is 0 Å². The summed E-state index contributed by atoms with van der Waals surface area (Å²) in [6.07, 6.45) is 0. The molecule has 5 heteroatoms. The van der Waals surface area contributed by atoms with Gasteiger partial charge in [0.25, 0.3) is 0 Å². The molecule has 4 nitrogen and oxygen atoms in total. The number of carbonyl (C=O) groups is 1. The van der Waals surface area contributed by atoms with Crippen molar-refractivity contribution >= 4 is 17.5 Å². The van der Waals surface area contributed by atoms with Crippen LogP contribution in [0.5, 0.6) is 0 Å². The van der Waals surface area contributed by atoms with Crippen LogP contribution in [-0.4, -0.2) is 18.0 Å². The Bertz CT molecular complexity index is 494. The van der Waals surface area contributed by atoms with Gasteiger partial charge in [0.15, 0.2) is 0 Å². The molecular formula is C14H18ClN3O. The van der Waals surface area contributed by atoms with E-state index in [4.69, 9.17) is 16.9 Å². The van der Waals surface area contributed by atoms with Gasteiger partial charge in [-0.3, -0.25) is 4.79 Å². The summed E-state index contributed by atoms with van der Waals surface area (Å²) in [4.78, 5) is 11.7. The fourth-order valence-electron chi connectivity index (χ4n) is 1.53. The normalized spacial score (nSPS) is 12.0. The minimum atomic E-state index is -0.297. The van der Waals surface area contributed by atoms with Gasteiger partial charge in [0.1, 0.15) is 0 Å². The molecule has 1 aromatic carbocycles. The van der Waals surface area contributed by atoms with Crippen LogP contribution in [0, 0.1) is 11.3 Å². The Balaban J connectivity index is 2.57. The molecule has 0 saturated carbocycles. The Labute approximate surface area is 118 Å². The Kier molecular flexibility index (Phi) is 5.81. The summed E-state index contributed by atoms with van der Waals surface area (Å²) < 4.78 is 0. The number of benzene rings is 1. The zero-order chi connectivity index (χ0) is 14.4. The van der Waals surface area contributed by atoms with Crippen LogP contribution in [0.25, 0.3) is 0 Å². The first-order valence-electron chi connectivity index (χ1n) is 6.16. The predicted molar refractivity (Wildman–Crippen MR) is 75.7 cm³/mol. The van der Waals surface area contributed by atoms with E-state index in [9.17, 15) is 4.79 Å². The van der Waals surface area contributed by atoms with Gasteiger partial charge < -0.3 is 10.6 Å². The number of halogens is 1. The molecular weight excluding hydrogens is 262 g/mol. The van der Waals surface area contributed by atoms with Gasteiger partial charge in [-0.15, -0.1) is 0 Å². The first-order valence-corrected chi connectivity index (χ1v) is 6.54. The molecule has 1 aromatic rings. The van der Waals surface area contributed by atoms with Crippen LogP contribution >= 0.6 is 11.6 Å². The van der Waals surface area contributed by atoms with Crippen molar-refractivity contribution in [1.29, 1.82) is 5.26 Å². The molecule has 0 heterocycles. The van der Waals surface area contributed by atoms with Gasteiger partial charge in [-0.05, 0) is 38.5 Å². The van der Waals surface area contributed by atoms with Crippen LogP contribution in [0.15, 0.2) is 18.2 Å². The Morgan fingerprint density at radius 3 is 2.63 bits per heavy atom. The minimum absolute atomic E-state index is 0.0419. The molecule has 1 unspecified atom stereocenters. The van der Waals surface area contributed by atoms with Gasteiger partial charge in [-0.1, -0.05) is 17.7 Å². The molecule has 0 bridgehead atoms. The summed E-state index contributed by atoms with van der Waals surface area (Å²) in [5.41, 5.74) is 1.39. The van der Waals surface area contributed by atoms with Gasteiger partial charge in [0.05, 0.1) is 17.7 Å². The lowest BCUT2D eigenvalue weighted by Crippen LogP contribution is -2.44. The van der Waals surface area contributed by atoms with Crippen LogP contribution in [0.4, 0.5) is 0 Å². The number of hydrogen-bond acceptors (Lipinski definition) is 3. The lowest BCUT2D eigenvalue weighted by molar-refractivity contribution is -0.123. The summed E-state index contributed by atoms with van der Waals surface area (Å²) in [5, 5.41) is 15.2. The number of rotatable bonds is 5. The average molecular weight is 280 g/mol. The van der Waals surface area contributed by atoms with E-state index in [0.717, 1.165) is 5.56 Å². The molecule has 0 saturated heterocycles. The lowest BCUT2D eigenvalue weighted by atomic mass is 10.1. The highest BCUT2D eigenvalue weighted by molar-refractivity contribution is 6.31. The van der Waals surface area contributed by atoms with E-state index >= 15 is 0 Å². The second kappa shape index (κ2) is 7.13. The van der Waals surface area contributed by atoms with Gasteiger partial charge in [0, 0.05) is 17.6 Å². The average Bonchev–Trinajstić information content (AvgIpc) is 2.35.